The number of aliphatic hydroxyl groups excluding tert-OH is 5. The Hall–Kier alpha value is -2.38. The predicted octanol–water partition coefficient (Wildman–Crippen LogP) is 19.1. The molecule has 1 fully saturated rings. The number of carbonyl (C=O) groups is 2. The fourth-order valence-corrected chi connectivity index (χ4v) is 11.6. The topological polar surface area (TPSA) is 175 Å². The van der Waals surface area contributed by atoms with Crippen LogP contribution in [0.3, 0.4) is 0 Å². The fourth-order valence-electron chi connectivity index (χ4n) is 11.6. The molecule has 0 spiro atoms. The first-order valence-electron chi connectivity index (χ1n) is 36.9. The highest BCUT2D eigenvalue weighted by molar-refractivity contribution is 5.76. The molecule has 7 atom stereocenters. The predicted molar refractivity (Wildman–Crippen MR) is 361 cm³/mol. The van der Waals surface area contributed by atoms with Gasteiger partial charge in [-0.3, -0.25) is 9.59 Å². The van der Waals surface area contributed by atoms with Crippen LogP contribution in [0.25, 0.3) is 0 Å². The molecule has 11 heteroatoms. The van der Waals surface area contributed by atoms with Crippen LogP contribution in [0.2, 0.25) is 0 Å². The highest BCUT2D eigenvalue weighted by Crippen LogP contribution is 2.23. The molecule has 1 aliphatic heterocycles. The van der Waals surface area contributed by atoms with E-state index in [9.17, 15) is 35.1 Å². The van der Waals surface area contributed by atoms with E-state index in [1.807, 2.05) is 6.08 Å². The molecule has 1 heterocycles. The zero-order valence-corrected chi connectivity index (χ0v) is 56.0. The van der Waals surface area contributed by atoms with Gasteiger partial charge in [0.2, 0.25) is 5.91 Å². The summed E-state index contributed by atoms with van der Waals surface area (Å²) in [6, 6.07) is -0.808. The Labute approximate surface area is 529 Å². The number of allylic oxidation sites excluding steroid dienone is 7. The van der Waals surface area contributed by atoms with Crippen LogP contribution in [0, 0.1) is 0 Å². The quantitative estimate of drug-likeness (QED) is 0.0195. The van der Waals surface area contributed by atoms with Gasteiger partial charge in [0.05, 0.1) is 32.0 Å². The van der Waals surface area contributed by atoms with Gasteiger partial charge in [0.25, 0.3) is 0 Å². The van der Waals surface area contributed by atoms with Crippen LogP contribution in [-0.2, 0) is 23.8 Å². The minimum atomic E-state index is -1.57. The number of rotatable bonds is 65. The standard InChI is InChI=1S/C75H139NO10/c1-3-5-7-9-11-13-15-16-36-40-43-47-51-55-59-63-71(80)84-64-60-56-52-48-44-41-38-35-33-31-29-27-25-23-21-19-17-18-20-22-24-26-28-30-32-34-37-39-42-46-50-54-58-62-70(79)76-67(66-85-75-74(83)73(82)72(81)69(65-77)86-75)68(78)61-57-53-49-45-14-12-10-8-6-4-2/h16,21,23,27,29,36,57,61,67-69,72-75,77-78,81-83H,3-15,17-20,22,24-26,28,30-35,37-56,58-60,62-66H2,1-2H3,(H,76,79)/b23-21-,29-27-,36-16-,61-57+. The van der Waals surface area contributed by atoms with Crippen LogP contribution in [0.15, 0.2) is 48.6 Å². The molecular weight excluding hydrogens is 1070 g/mol. The minimum Gasteiger partial charge on any atom is -0.466 e. The summed E-state index contributed by atoms with van der Waals surface area (Å²) in [4.78, 5) is 25.1. The molecule has 7 unspecified atom stereocenters. The van der Waals surface area contributed by atoms with E-state index in [4.69, 9.17) is 14.2 Å². The molecule has 6 N–H and O–H groups in total. The number of carbonyl (C=O) groups excluding carboxylic acids is 2. The number of unbranched alkanes of at least 4 members (excludes halogenated alkanes) is 45. The van der Waals surface area contributed by atoms with Gasteiger partial charge in [-0.2, -0.15) is 0 Å². The van der Waals surface area contributed by atoms with E-state index >= 15 is 0 Å². The van der Waals surface area contributed by atoms with E-state index in [0.717, 1.165) is 64.2 Å². The van der Waals surface area contributed by atoms with Crippen LogP contribution in [0.4, 0.5) is 0 Å². The molecular formula is C75H139NO10. The summed E-state index contributed by atoms with van der Waals surface area (Å²) in [6.45, 7) is 4.34. The van der Waals surface area contributed by atoms with E-state index in [1.165, 1.54) is 263 Å². The number of ether oxygens (including phenoxy) is 3. The maximum atomic E-state index is 13.0. The highest BCUT2D eigenvalue weighted by Gasteiger charge is 2.44. The molecule has 504 valence electrons. The minimum absolute atomic E-state index is 0.000918. The summed E-state index contributed by atoms with van der Waals surface area (Å²) >= 11 is 0. The summed E-state index contributed by atoms with van der Waals surface area (Å²) in [5.74, 6) is -0.181. The molecule has 0 saturated carbocycles. The van der Waals surface area contributed by atoms with E-state index in [1.54, 1.807) is 6.08 Å². The van der Waals surface area contributed by atoms with Crippen molar-refractivity contribution in [3.05, 3.63) is 48.6 Å². The lowest BCUT2D eigenvalue weighted by atomic mass is 9.99. The smallest absolute Gasteiger partial charge is 0.305 e. The molecule has 1 rings (SSSR count). The molecule has 0 aromatic rings. The average molecular weight is 1210 g/mol. The van der Waals surface area contributed by atoms with Gasteiger partial charge in [-0.1, -0.05) is 300 Å². The highest BCUT2D eigenvalue weighted by atomic mass is 16.7. The first kappa shape index (κ1) is 81.6. The summed E-state index contributed by atoms with van der Waals surface area (Å²) in [5, 5.41) is 54.4. The van der Waals surface area contributed by atoms with Crippen LogP contribution in [0.1, 0.15) is 354 Å². The van der Waals surface area contributed by atoms with Crippen LogP contribution in [0.5, 0.6) is 0 Å². The van der Waals surface area contributed by atoms with Crippen LogP contribution in [-0.4, -0.2) is 100 Å². The van der Waals surface area contributed by atoms with E-state index in [0.29, 0.717) is 19.4 Å². The SMILES string of the molecule is CCCCCCCC/C=C\CCCCCCCC(=O)OCCCCCCCCCCC/C=C\C/C=C\CCCCCCCCCCCCCCCCCCCC(=O)NC(COC1OC(CO)C(O)C(O)C1O)C(O)/C=C/CCCCCCCCCC. The van der Waals surface area contributed by atoms with Crippen molar-refractivity contribution in [3.63, 3.8) is 0 Å². The van der Waals surface area contributed by atoms with Crippen molar-refractivity contribution in [2.24, 2.45) is 0 Å². The number of hydrogen-bond acceptors (Lipinski definition) is 10. The van der Waals surface area contributed by atoms with Gasteiger partial charge >= 0.3 is 5.97 Å². The molecule has 1 aliphatic rings. The van der Waals surface area contributed by atoms with Gasteiger partial charge in [0.15, 0.2) is 6.29 Å². The van der Waals surface area contributed by atoms with Gasteiger partial charge in [-0.25, -0.2) is 0 Å². The van der Waals surface area contributed by atoms with Crippen molar-refractivity contribution in [1.82, 2.24) is 5.32 Å². The Kier molecular flexibility index (Phi) is 60.9. The number of esters is 1. The van der Waals surface area contributed by atoms with Crippen molar-refractivity contribution < 1.29 is 49.3 Å². The lowest BCUT2D eigenvalue weighted by molar-refractivity contribution is -0.302. The maximum Gasteiger partial charge on any atom is 0.305 e. The Morgan fingerprint density at radius 2 is 0.779 bits per heavy atom. The molecule has 11 nitrogen and oxygen atoms in total. The maximum absolute atomic E-state index is 13.0. The third-order valence-electron chi connectivity index (χ3n) is 17.4. The number of nitrogens with one attached hydrogen (secondary N) is 1. The third kappa shape index (κ3) is 52.4. The Morgan fingerprint density at radius 3 is 1.19 bits per heavy atom. The van der Waals surface area contributed by atoms with Gasteiger partial charge in [-0.05, 0) is 89.9 Å². The van der Waals surface area contributed by atoms with Crippen LogP contribution < -0.4 is 5.32 Å². The Bertz CT molecular complexity index is 1570. The summed E-state index contributed by atoms with van der Waals surface area (Å²) in [6.07, 6.45) is 74.1. The monoisotopic (exact) mass is 1210 g/mol. The van der Waals surface area contributed by atoms with Gasteiger partial charge < -0.3 is 45.1 Å². The zero-order chi connectivity index (χ0) is 62.3. The molecule has 0 radical (unpaired) electrons. The van der Waals surface area contributed by atoms with Crippen molar-refractivity contribution in [2.45, 2.75) is 397 Å². The molecule has 0 aromatic heterocycles. The normalized spacial score (nSPS) is 18.2. The van der Waals surface area contributed by atoms with Gasteiger partial charge in [0, 0.05) is 12.8 Å². The lowest BCUT2D eigenvalue weighted by Crippen LogP contribution is -2.60. The Balaban J connectivity index is 1.92. The third-order valence-corrected chi connectivity index (χ3v) is 17.4. The van der Waals surface area contributed by atoms with E-state index < -0.39 is 49.5 Å². The summed E-state index contributed by atoms with van der Waals surface area (Å²) in [5.41, 5.74) is 0. The number of aliphatic hydroxyl groups is 5. The Morgan fingerprint density at radius 1 is 0.430 bits per heavy atom. The first-order chi connectivity index (χ1) is 42.2. The second-order valence-corrected chi connectivity index (χ2v) is 25.6. The van der Waals surface area contributed by atoms with Crippen molar-refractivity contribution in [2.75, 3.05) is 19.8 Å². The molecule has 0 aliphatic carbocycles. The second kappa shape index (κ2) is 64.2. The van der Waals surface area contributed by atoms with Crippen molar-refractivity contribution >= 4 is 11.9 Å². The van der Waals surface area contributed by atoms with Gasteiger partial charge in [0.1, 0.15) is 24.4 Å². The van der Waals surface area contributed by atoms with E-state index in [2.05, 4.69) is 55.6 Å². The molecule has 1 saturated heterocycles. The first-order valence-corrected chi connectivity index (χ1v) is 36.9. The van der Waals surface area contributed by atoms with Crippen LogP contribution >= 0.6 is 0 Å². The summed E-state index contributed by atoms with van der Waals surface area (Å²) < 4.78 is 16.7. The number of hydrogen-bond donors (Lipinski definition) is 6. The lowest BCUT2D eigenvalue weighted by Gasteiger charge is -2.40. The number of amides is 1. The van der Waals surface area contributed by atoms with Gasteiger partial charge in [-0.15, -0.1) is 0 Å². The van der Waals surface area contributed by atoms with Crippen molar-refractivity contribution in [1.29, 1.82) is 0 Å². The summed E-state index contributed by atoms with van der Waals surface area (Å²) in [7, 11) is 0. The fraction of sp³-hybridized carbons (Fsp3) is 0.867. The largest absolute Gasteiger partial charge is 0.466 e. The van der Waals surface area contributed by atoms with E-state index in [-0.39, 0.29) is 18.5 Å². The zero-order valence-electron chi connectivity index (χ0n) is 56.0. The molecule has 86 heavy (non-hydrogen) atoms. The average Bonchev–Trinajstić information content (AvgIpc) is 2.52. The second-order valence-electron chi connectivity index (χ2n) is 25.6. The molecule has 0 bridgehead atoms. The van der Waals surface area contributed by atoms with Crippen molar-refractivity contribution in [3.8, 4) is 0 Å². The molecule has 0 aromatic carbocycles. The molecule has 1 amide bonds.